The van der Waals surface area contributed by atoms with Crippen LogP contribution in [0, 0.1) is 13.8 Å². The van der Waals surface area contributed by atoms with E-state index in [1.165, 1.54) is 11.3 Å². The third-order valence-electron chi connectivity index (χ3n) is 6.06. The van der Waals surface area contributed by atoms with Gasteiger partial charge in [-0.1, -0.05) is 5.16 Å². The molecule has 158 valence electrons. The van der Waals surface area contributed by atoms with Crippen LogP contribution < -0.4 is 0 Å². The van der Waals surface area contributed by atoms with Crippen LogP contribution in [0.1, 0.15) is 33.6 Å². The summed E-state index contributed by atoms with van der Waals surface area (Å²) in [4.78, 5) is 23.5. The van der Waals surface area contributed by atoms with Crippen LogP contribution in [0.15, 0.2) is 47.2 Å². The van der Waals surface area contributed by atoms with Crippen LogP contribution in [-0.2, 0) is 11.8 Å². The molecule has 0 spiro atoms. The summed E-state index contributed by atoms with van der Waals surface area (Å²) in [6.07, 6.45) is 2.90. The van der Waals surface area contributed by atoms with Gasteiger partial charge in [0.2, 0.25) is 5.82 Å². The average molecular weight is 417 g/mol. The molecular weight excluding hydrogens is 394 g/mol. The number of aryl methyl sites for hydroxylation is 2. The van der Waals surface area contributed by atoms with Gasteiger partial charge in [0.25, 0.3) is 11.8 Å². The number of nitrogens with zero attached hydrogens (tertiary/aromatic N) is 5. The Labute approximate surface area is 179 Å². The average Bonchev–Trinajstić information content (AvgIpc) is 3.40. The highest BCUT2D eigenvalue weighted by atomic mass is 16.5. The zero-order valence-corrected chi connectivity index (χ0v) is 17.7. The molecule has 1 aromatic carbocycles. The van der Waals surface area contributed by atoms with E-state index in [0.29, 0.717) is 37.0 Å². The smallest absolute Gasteiger partial charge is 0.257 e. The number of morpholine rings is 1. The summed E-state index contributed by atoms with van der Waals surface area (Å²) in [6.45, 7) is 5.48. The molecule has 1 atom stereocenters. The van der Waals surface area contributed by atoms with E-state index in [1.54, 1.807) is 17.3 Å². The van der Waals surface area contributed by atoms with Gasteiger partial charge in [-0.2, -0.15) is 4.98 Å². The largest absolute Gasteiger partial charge is 0.365 e. The number of aromatic nitrogens is 4. The summed E-state index contributed by atoms with van der Waals surface area (Å²) >= 11 is 0. The van der Waals surface area contributed by atoms with Crippen LogP contribution in [0.2, 0.25) is 0 Å². The van der Waals surface area contributed by atoms with Crippen molar-refractivity contribution in [1.29, 1.82) is 0 Å². The molecule has 8 nitrogen and oxygen atoms in total. The van der Waals surface area contributed by atoms with Gasteiger partial charge < -0.3 is 18.7 Å². The topological polar surface area (TPSA) is 86.3 Å². The number of rotatable bonds is 3. The molecule has 1 aliphatic rings. The third-order valence-corrected chi connectivity index (χ3v) is 6.06. The van der Waals surface area contributed by atoms with Crippen LogP contribution in [0.3, 0.4) is 0 Å². The quantitative estimate of drug-likeness (QED) is 0.507. The third kappa shape index (κ3) is 3.38. The van der Waals surface area contributed by atoms with E-state index in [9.17, 15) is 4.79 Å². The summed E-state index contributed by atoms with van der Waals surface area (Å²) in [5, 5.41) is 5.15. The van der Waals surface area contributed by atoms with Crippen LogP contribution >= 0.6 is 0 Å². The van der Waals surface area contributed by atoms with Gasteiger partial charge in [0.15, 0.2) is 6.10 Å². The first-order chi connectivity index (χ1) is 15.0. The predicted octanol–water partition coefficient (Wildman–Crippen LogP) is 3.45. The fourth-order valence-corrected chi connectivity index (χ4v) is 4.04. The van der Waals surface area contributed by atoms with Gasteiger partial charge in [0.1, 0.15) is 0 Å². The van der Waals surface area contributed by atoms with E-state index >= 15 is 0 Å². The fourth-order valence-electron chi connectivity index (χ4n) is 4.04. The number of hydrogen-bond acceptors (Lipinski definition) is 6. The Kier molecular flexibility index (Phi) is 4.78. The van der Waals surface area contributed by atoms with Gasteiger partial charge in [-0.15, -0.1) is 0 Å². The normalized spacial score (nSPS) is 16.7. The second kappa shape index (κ2) is 7.63. The van der Waals surface area contributed by atoms with Gasteiger partial charge in [-0.3, -0.25) is 9.78 Å². The lowest BCUT2D eigenvalue weighted by Gasteiger charge is -2.31. The molecular formula is C23H23N5O3. The van der Waals surface area contributed by atoms with Crippen molar-refractivity contribution in [1.82, 2.24) is 24.6 Å². The zero-order valence-electron chi connectivity index (χ0n) is 17.7. The van der Waals surface area contributed by atoms with Crippen molar-refractivity contribution in [2.45, 2.75) is 20.0 Å². The number of hydrogen-bond donors (Lipinski definition) is 0. The summed E-state index contributed by atoms with van der Waals surface area (Å²) in [5.74, 6) is 0.823. The van der Waals surface area contributed by atoms with Crippen molar-refractivity contribution in [3.8, 4) is 11.4 Å². The van der Waals surface area contributed by atoms with Crippen LogP contribution in [-0.4, -0.2) is 50.2 Å². The molecule has 4 heterocycles. The molecule has 1 amide bonds. The van der Waals surface area contributed by atoms with Gasteiger partial charge in [-0.05, 0) is 49.7 Å². The van der Waals surface area contributed by atoms with Crippen molar-refractivity contribution in [2.24, 2.45) is 7.05 Å². The number of ether oxygens (including phenoxy) is 1. The highest BCUT2D eigenvalue weighted by molar-refractivity contribution is 5.99. The number of amides is 1. The predicted molar refractivity (Wildman–Crippen MR) is 115 cm³/mol. The maximum Gasteiger partial charge on any atom is 0.257 e. The molecule has 0 aliphatic carbocycles. The first kappa shape index (κ1) is 19.4. The summed E-state index contributed by atoms with van der Waals surface area (Å²) in [7, 11) is 2.04. The minimum atomic E-state index is -0.453. The highest BCUT2D eigenvalue weighted by Crippen LogP contribution is 2.28. The first-order valence-electron chi connectivity index (χ1n) is 10.2. The Morgan fingerprint density at radius 1 is 1.16 bits per heavy atom. The summed E-state index contributed by atoms with van der Waals surface area (Å²) in [5.41, 5.74) is 5.01. The molecule has 0 bridgehead atoms. The van der Waals surface area contributed by atoms with Crippen molar-refractivity contribution < 1.29 is 14.1 Å². The molecule has 31 heavy (non-hydrogen) atoms. The highest BCUT2D eigenvalue weighted by Gasteiger charge is 2.30. The number of fused-ring (bicyclic) bond motifs is 1. The molecule has 1 saturated heterocycles. The molecule has 1 fully saturated rings. The van der Waals surface area contributed by atoms with Crippen LogP contribution in [0.25, 0.3) is 22.3 Å². The van der Waals surface area contributed by atoms with Gasteiger partial charge >= 0.3 is 0 Å². The summed E-state index contributed by atoms with van der Waals surface area (Å²) < 4.78 is 13.4. The number of pyridine rings is 1. The van der Waals surface area contributed by atoms with Gasteiger partial charge in [0, 0.05) is 53.7 Å². The standard InChI is InChI=1S/C23H23N5O3/c1-14-15(2)27(3)19-5-4-17(12-18(14)19)23(29)28-10-11-30-20(13-28)22-25-21(26-31-22)16-6-8-24-9-7-16/h4-9,12,20H,10-11,13H2,1-3H3/t20-/m1/s1. The van der Waals surface area contributed by atoms with Gasteiger partial charge in [0.05, 0.1) is 13.2 Å². The van der Waals surface area contributed by atoms with Crippen molar-refractivity contribution in [3.05, 3.63) is 65.4 Å². The van der Waals surface area contributed by atoms with E-state index in [1.807, 2.05) is 37.4 Å². The fraction of sp³-hybridized carbons (Fsp3) is 0.304. The first-order valence-corrected chi connectivity index (χ1v) is 10.2. The van der Waals surface area contributed by atoms with E-state index < -0.39 is 6.10 Å². The minimum absolute atomic E-state index is 0.0232. The molecule has 3 aromatic heterocycles. The van der Waals surface area contributed by atoms with Crippen molar-refractivity contribution in [3.63, 3.8) is 0 Å². The molecule has 4 aromatic rings. The number of carbonyl (C=O) groups is 1. The van der Waals surface area contributed by atoms with Gasteiger partial charge in [-0.25, -0.2) is 0 Å². The van der Waals surface area contributed by atoms with E-state index in [-0.39, 0.29) is 5.91 Å². The zero-order chi connectivity index (χ0) is 21.5. The Morgan fingerprint density at radius 3 is 2.77 bits per heavy atom. The SMILES string of the molecule is Cc1c(C)n(C)c2ccc(C(=O)N3CCO[C@@H](c4nc(-c5ccncc5)no4)C3)cc12. The van der Waals surface area contributed by atoms with Crippen LogP contribution in [0.5, 0.6) is 0 Å². The molecule has 5 rings (SSSR count). The Morgan fingerprint density at radius 2 is 1.97 bits per heavy atom. The minimum Gasteiger partial charge on any atom is -0.365 e. The summed E-state index contributed by atoms with van der Waals surface area (Å²) in [6, 6.07) is 9.52. The second-order valence-corrected chi connectivity index (χ2v) is 7.80. The Balaban J connectivity index is 1.37. The lowest BCUT2D eigenvalue weighted by Crippen LogP contribution is -2.42. The van der Waals surface area contributed by atoms with Crippen LogP contribution in [0.4, 0.5) is 0 Å². The van der Waals surface area contributed by atoms with E-state index in [0.717, 1.165) is 16.5 Å². The lowest BCUT2D eigenvalue weighted by molar-refractivity contribution is -0.0367. The maximum atomic E-state index is 13.2. The van der Waals surface area contributed by atoms with Crippen molar-refractivity contribution >= 4 is 16.8 Å². The molecule has 0 N–H and O–H groups in total. The van der Waals surface area contributed by atoms with E-state index in [4.69, 9.17) is 9.26 Å². The Hall–Kier alpha value is -3.52. The molecule has 8 heteroatoms. The maximum absolute atomic E-state index is 13.2. The monoisotopic (exact) mass is 417 g/mol. The molecule has 1 aliphatic heterocycles. The number of benzene rings is 1. The molecule has 0 radical (unpaired) electrons. The molecule has 0 unspecified atom stereocenters. The second-order valence-electron chi connectivity index (χ2n) is 7.80. The van der Waals surface area contributed by atoms with E-state index in [2.05, 4.69) is 33.5 Å². The Bertz CT molecular complexity index is 1260. The lowest BCUT2D eigenvalue weighted by atomic mass is 10.1. The molecule has 0 saturated carbocycles. The number of carbonyl (C=O) groups excluding carboxylic acids is 1. The van der Waals surface area contributed by atoms with Crippen molar-refractivity contribution in [2.75, 3.05) is 19.7 Å².